The molecule has 1 aliphatic rings. The Balaban J connectivity index is 2.19. The van der Waals surface area contributed by atoms with Crippen LogP contribution in [0, 0.1) is 11.3 Å². The molecule has 0 aromatic heterocycles. The summed E-state index contributed by atoms with van der Waals surface area (Å²) in [6.45, 7) is 4.37. The number of rotatable bonds is 5. The first-order valence-electron chi connectivity index (χ1n) is 7.54. The number of carbonyl (C=O) groups is 1. The van der Waals surface area contributed by atoms with Crippen LogP contribution in [0.5, 0.6) is 5.75 Å². The second-order valence-corrected chi connectivity index (χ2v) is 5.66. The maximum Gasteiger partial charge on any atom is 0.143 e. The summed E-state index contributed by atoms with van der Waals surface area (Å²) in [5.41, 5.74) is 0.582. The third-order valence-electron chi connectivity index (χ3n) is 4.52. The van der Waals surface area contributed by atoms with Gasteiger partial charge in [0, 0.05) is 19.4 Å². The van der Waals surface area contributed by atoms with Crippen molar-refractivity contribution in [3.8, 4) is 11.8 Å². The minimum Gasteiger partial charge on any atom is -0.508 e. The number of Topliss-reactive ketones (excluding diaryl/α,β-unsaturated/α-hetero) is 1. The predicted octanol–water partition coefficient (Wildman–Crippen LogP) is 2.62. The molecule has 0 unspecified atom stereocenters. The highest BCUT2D eigenvalue weighted by Gasteiger charge is 2.41. The topological polar surface area (TPSA) is 64.3 Å². The first-order valence-corrected chi connectivity index (χ1v) is 7.54. The van der Waals surface area contributed by atoms with Crippen LogP contribution >= 0.6 is 0 Å². The lowest BCUT2D eigenvalue weighted by molar-refractivity contribution is -0.126. The van der Waals surface area contributed by atoms with Crippen molar-refractivity contribution in [2.75, 3.05) is 19.6 Å². The highest BCUT2D eigenvalue weighted by molar-refractivity contribution is 5.90. The molecular formula is C17H22N2O2. The second kappa shape index (κ2) is 6.73. The summed E-state index contributed by atoms with van der Waals surface area (Å²) >= 11 is 0. The van der Waals surface area contributed by atoms with Crippen LogP contribution in [0.3, 0.4) is 0 Å². The number of carbonyl (C=O) groups excluding carboxylic acids is 1. The van der Waals surface area contributed by atoms with Gasteiger partial charge < -0.3 is 10.0 Å². The summed E-state index contributed by atoms with van der Waals surface area (Å²) in [6, 6.07) is 9.22. The fourth-order valence-electron chi connectivity index (χ4n) is 3.21. The molecule has 0 aliphatic carbocycles. The van der Waals surface area contributed by atoms with Gasteiger partial charge in [0.15, 0.2) is 0 Å². The van der Waals surface area contributed by atoms with Crippen LogP contribution in [0.4, 0.5) is 0 Å². The first kappa shape index (κ1) is 15.5. The van der Waals surface area contributed by atoms with Crippen LogP contribution in [-0.4, -0.2) is 35.4 Å². The summed E-state index contributed by atoms with van der Waals surface area (Å²) < 4.78 is 0. The average molecular weight is 286 g/mol. The summed E-state index contributed by atoms with van der Waals surface area (Å²) in [6.07, 6.45) is 2.64. The quantitative estimate of drug-likeness (QED) is 0.903. The summed E-state index contributed by atoms with van der Waals surface area (Å²) in [5.74, 6) is 0.498. The van der Waals surface area contributed by atoms with Crippen LogP contribution in [0.15, 0.2) is 24.3 Å². The minimum absolute atomic E-state index is 0.226. The zero-order valence-corrected chi connectivity index (χ0v) is 12.5. The van der Waals surface area contributed by atoms with Crippen LogP contribution < -0.4 is 0 Å². The van der Waals surface area contributed by atoms with Gasteiger partial charge in [-0.25, -0.2) is 0 Å². The van der Waals surface area contributed by atoms with Crippen molar-refractivity contribution in [2.45, 2.75) is 38.0 Å². The monoisotopic (exact) mass is 286 g/mol. The molecule has 0 spiro atoms. The van der Waals surface area contributed by atoms with Gasteiger partial charge in [0.2, 0.25) is 0 Å². The van der Waals surface area contributed by atoms with E-state index in [-0.39, 0.29) is 11.5 Å². The van der Waals surface area contributed by atoms with Crippen molar-refractivity contribution >= 4 is 5.78 Å². The zero-order valence-electron chi connectivity index (χ0n) is 12.5. The smallest absolute Gasteiger partial charge is 0.143 e. The van der Waals surface area contributed by atoms with Crippen molar-refractivity contribution in [2.24, 2.45) is 0 Å². The van der Waals surface area contributed by atoms with Gasteiger partial charge in [-0.15, -0.1) is 0 Å². The lowest BCUT2D eigenvalue weighted by atomic mass is 9.69. The molecule has 4 nitrogen and oxygen atoms in total. The maximum atomic E-state index is 12.6. The number of nitrogens with zero attached hydrogens (tertiary/aromatic N) is 2. The van der Waals surface area contributed by atoms with E-state index in [0.717, 1.165) is 38.0 Å². The average Bonchev–Trinajstić information content (AvgIpc) is 2.53. The van der Waals surface area contributed by atoms with E-state index in [1.807, 2.05) is 19.1 Å². The van der Waals surface area contributed by atoms with Crippen molar-refractivity contribution in [3.63, 3.8) is 0 Å². The Morgan fingerprint density at radius 1 is 1.33 bits per heavy atom. The van der Waals surface area contributed by atoms with Crippen molar-refractivity contribution in [1.82, 2.24) is 4.90 Å². The first-order chi connectivity index (χ1) is 10.1. The Morgan fingerprint density at radius 3 is 2.48 bits per heavy atom. The molecule has 0 bridgehead atoms. The minimum atomic E-state index is -0.425. The molecule has 21 heavy (non-hydrogen) atoms. The molecule has 0 saturated carbocycles. The van der Waals surface area contributed by atoms with Gasteiger partial charge in [0.05, 0.1) is 11.5 Å². The molecule has 0 amide bonds. The van der Waals surface area contributed by atoms with Crippen LogP contribution in [0.25, 0.3) is 0 Å². The summed E-state index contributed by atoms with van der Waals surface area (Å²) in [4.78, 5) is 14.8. The zero-order chi connectivity index (χ0) is 15.3. The standard InChI is InChI=1S/C17H22N2O2/c1-2-16(21)17(14-4-6-15(20)7-5-14)8-12-19(13-9-17)11-3-10-18/h4-7,20H,2-3,8-9,11-13H2,1H3. The van der Waals surface area contributed by atoms with E-state index in [9.17, 15) is 9.90 Å². The molecule has 0 atom stereocenters. The van der Waals surface area contributed by atoms with Crippen LogP contribution in [0.1, 0.15) is 38.2 Å². The number of nitriles is 1. The third kappa shape index (κ3) is 3.25. The number of piperidine rings is 1. The number of phenolic OH excluding ortho intramolecular Hbond substituents is 1. The lowest BCUT2D eigenvalue weighted by Gasteiger charge is -2.41. The van der Waals surface area contributed by atoms with E-state index in [2.05, 4.69) is 11.0 Å². The van der Waals surface area contributed by atoms with Gasteiger partial charge in [-0.1, -0.05) is 19.1 Å². The third-order valence-corrected chi connectivity index (χ3v) is 4.52. The second-order valence-electron chi connectivity index (χ2n) is 5.66. The van der Waals surface area contributed by atoms with Gasteiger partial charge in [-0.3, -0.25) is 4.79 Å². The largest absolute Gasteiger partial charge is 0.508 e. The number of hydrogen-bond donors (Lipinski definition) is 1. The molecule has 1 aromatic rings. The van der Waals surface area contributed by atoms with Crippen LogP contribution in [0.2, 0.25) is 0 Å². The number of likely N-dealkylation sites (tertiary alicyclic amines) is 1. The lowest BCUT2D eigenvalue weighted by Crippen LogP contribution is -2.47. The van der Waals surface area contributed by atoms with Gasteiger partial charge in [0.1, 0.15) is 11.5 Å². The fraction of sp³-hybridized carbons (Fsp3) is 0.529. The Labute approximate surface area is 126 Å². The number of aromatic hydroxyl groups is 1. The molecule has 112 valence electrons. The number of benzene rings is 1. The molecule has 0 radical (unpaired) electrons. The van der Waals surface area contributed by atoms with E-state index in [1.165, 1.54) is 0 Å². The van der Waals surface area contributed by atoms with Gasteiger partial charge in [0.25, 0.3) is 0 Å². The molecule has 1 heterocycles. The van der Waals surface area contributed by atoms with Gasteiger partial charge in [-0.05, 0) is 43.6 Å². The molecular weight excluding hydrogens is 264 g/mol. The molecule has 1 fully saturated rings. The van der Waals surface area contributed by atoms with Crippen molar-refractivity contribution < 1.29 is 9.90 Å². The van der Waals surface area contributed by atoms with E-state index in [1.54, 1.807) is 12.1 Å². The molecule has 1 saturated heterocycles. The molecule has 1 aliphatic heterocycles. The molecule has 1 N–H and O–H groups in total. The highest BCUT2D eigenvalue weighted by Crippen LogP contribution is 2.38. The van der Waals surface area contributed by atoms with Crippen molar-refractivity contribution in [1.29, 1.82) is 5.26 Å². The highest BCUT2D eigenvalue weighted by atomic mass is 16.3. The fourth-order valence-corrected chi connectivity index (χ4v) is 3.21. The number of hydrogen-bond acceptors (Lipinski definition) is 4. The van der Waals surface area contributed by atoms with E-state index in [0.29, 0.717) is 12.8 Å². The number of ketones is 1. The Hall–Kier alpha value is -1.86. The molecule has 4 heteroatoms. The van der Waals surface area contributed by atoms with Crippen molar-refractivity contribution in [3.05, 3.63) is 29.8 Å². The predicted molar refractivity (Wildman–Crippen MR) is 81.0 cm³/mol. The molecule has 2 rings (SSSR count). The maximum absolute atomic E-state index is 12.6. The number of phenols is 1. The van der Waals surface area contributed by atoms with E-state index >= 15 is 0 Å². The normalized spacial score (nSPS) is 18.1. The van der Waals surface area contributed by atoms with Gasteiger partial charge in [-0.2, -0.15) is 5.26 Å². The van der Waals surface area contributed by atoms with Gasteiger partial charge >= 0.3 is 0 Å². The molecule has 1 aromatic carbocycles. The summed E-state index contributed by atoms with van der Waals surface area (Å²) in [5, 5.41) is 18.1. The van der Waals surface area contributed by atoms with Crippen LogP contribution in [-0.2, 0) is 10.2 Å². The Bertz CT molecular complexity index is 523. The van der Waals surface area contributed by atoms with E-state index < -0.39 is 5.41 Å². The Morgan fingerprint density at radius 2 is 1.95 bits per heavy atom. The summed E-state index contributed by atoms with van der Waals surface area (Å²) in [7, 11) is 0. The SMILES string of the molecule is CCC(=O)C1(c2ccc(O)cc2)CCN(CCC#N)CC1. The Kier molecular flexibility index (Phi) is 4.98. The van der Waals surface area contributed by atoms with E-state index in [4.69, 9.17) is 5.26 Å².